The standard InChI is InChI=1S/C16H19ClO2/c1-16(7-3-2-4-8-16)15(18)14-10-11-9-12(17)5-6-13(11)19-14/h5-6,9-10,15,18H,2-4,7-8H2,1H3. The maximum absolute atomic E-state index is 10.6. The number of benzene rings is 1. The molecule has 1 unspecified atom stereocenters. The lowest BCUT2D eigenvalue weighted by Crippen LogP contribution is -2.27. The molecule has 102 valence electrons. The molecular formula is C16H19ClO2. The van der Waals surface area contributed by atoms with Gasteiger partial charge < -0.3 is 9.52 Å². The van der Waals surface area contributed by atoms with Gasteiger partial charge in [0.15, 0.2) is 0 Å². The van der Waals surface area contributed by atoms with Crippen LogP contribution >= 0.6 is 11.6 Å². The second-order valence-electron chi connectivity index (χ2n) is 5.95. The van der Waals surface area contributed by atoms with Crippen molar-refractivity contribution in [2.45, 2.75) is 45.1 Å². The van der Waals surface area contributed by atoms with Crippen LogP contribution in [0.1, 0.15) is 50.9 Å². The van der Waals surface area contributed by atoms with Crippen molar-refractivity contribution in [3.05, 3.63) is 35.0 Å². The molecule has 1 aliphatic carbocycles. The van der Waals surface area contributed by atoms with Gasteiger partial charge >= 0.3 is 0 Å². The van der Waals surface area contributed by atoms with Crippen molar-refractivity contribution in [1.29, 1.82) is 0 Å². The van der Waals surface area contributed by atoms with Crippen molar-refractivity contribution in [1.82, 2.24) is 0 Å². The van der Waals surface area contributed by atoms with Crippen LogP contribution in [-0.2, 0) is 0 Å². The Kier molecular flexibility index (Phi) is 3.32. The summed E-state index contributed by atoms with van der Waals surface area (Å²) >= 11 is 5.98. The van der Waals surface area contributed by atoms with Gasteiger partial charge in [-0.3, -0.25) is 0 Å². The topological polar surface area (TPSA) is 33.4 Å². The van der Waals surface area contributed by atoms with E-state index in [1.807, 2.05) is 24.3 Å². The predicted molar refractivity (Wildman–Crippen MR) is 77.4 cm³/mol. The first-order chi connectivity index (χ1) is 9.08. The molecule has 0 amide bonds. The van der Waals surface area contributed by atoms with Crippen LogP contribution in [0.4, 0.5) is 0 Å². The Labute approximate surface area is 118 Å². The average molecular weight is 279 g/mol. The molecule has 19 heavy (non-hydrogen) atoms. The molecule has 1 saturated carbocycles. The van der Waals surface area contributed by atoms with Crippen molar-refractivity contribution in [2.24, 2.45) is 5.41 Å². The van der Waals surface area contributed by atoms with Gasteiger partial charge in [0.2, 0.25) is 0 Å². The summed E-state index contributed by atoms with van der Waals surface area (Å²) < 4.78 is 5.79. The minimum atomic E-state index is -0.529. The van der Waals surface area contributed by atoms with E-state index in [2.05, 4.69) is 6.92 Å². The number of rotatable bonds is 2. The van der Waals surface area contributed by atoms with Gasteiger partial charge in [0, 0.05) is 15.8 Å². The van der Waals surface area contributed by atoms with Crippen molar-refractivity contribution in [2.75, 3.05) is 0 Å². The normalized spacial score (nSPS) is 20.6. The Morgan fingerprint density at radius 1 is 1.21 bits per heavy atom. The summed E-state index contributed by atoms with van der Waals surface area (Å²) in [7, 11) is 0. The van der Waals surface area contributed by atoms with Gasteiger partial charge in [-0.05, 0) is 37.1 Å². The molecule has 2 nitrogen and oxygen atoms in total. The van der Waals surface area contributed by atoms with E-state index in [0.717, 1.165) is 23.8 Å². The summed E-state index contributed by atoms with van der Waals surface area (Å²) in [6.07, 6.45) is 5.26. The number of aliphatic hydroxyl groups excluding tert-OH is 1. The molecule has 1 aromatic heterocycles. The van der Waals surface area contributed by atoms with Crippen LogP contribution in [0.3, 0.4) is 0 Å². The maximum Gasteiger partial charge on any atom is 0.134 e. The SMILES string of the molecule is CC1(C(O)c2cc3cc(Cl)ccc3o2)CCCCC1. The Bertz CT molecular complexity index is 581. The highest BCUT2D eigenvalue weighted by atomic mass is 35.5. The quantitative estimate of drug-likeness (QED) is 0.830. The van der Waals surface area contributed by atoms with E-state index in [9.17, 15) is 5.11 Å². The highest BCUT2D eigenvalue weighted by Gasteiger charge is 2.37. The second kappa shape index (κ2) is 4.84. The van der Waals surface area contributed by atoms with Crippen LogP contribution in [0, 0.1) is 5.41 Å². The third kappa shape index (κ3) is 2.39. The van der Waals surface area contributed by atoms with Crippen LogP contribution in [0.2, 0.25) is 5.02 Å². The summed E-state index contributed by atoms with van der Waals surface area (Å²) in [6, 6.07) is 7.47. The molecule has 1 aromatic carbocycles. The molecule has 0 radical (unpaired) electrons. The zero-order valence-electron chi connectivity index (χ0n) is 11.2. The molecule has 0 saturated heterocycles. The molecule has 0 spiro atoms. The third-order valence-electron chi connectivity index (χ3n) is 4.42. The highest BCUT2D eigenvalue weighted by Crippen LogP contribution is 2.46. The second-order valence-corrected chi connectivity index (χ2v) is 6.38. The summed E-state index contributed by atoms with van der Waals surface area (Å²) in [5.74, 6) is 0.668. The Morgan fingerprint density at radius 2 is 1.95 bits per heavy atom. The highest BCUT2D eigenvalue weighted by molar-refractivity contribution is 6.31. The van der Waals surface area contributed by atoms with Gasteiger partial charge in [0.1, 0.15) is 17.4 Å². The van der Waals surface area contributed by atoms with E-state index in [-0.39, 0.29) is 5.41 Å². The first-order valence-corrected chi connectivity index (χ1v) is 7.33. The van der Waals surface area contributed by atoms with Gasteiger partial charge in [-0.2, -0.15) is 0 Å². The molecule has 1 atom stereocenters. The van der Waals surface area contributed by atoms with E-state index < -0.39 is 6.10 Å². The smallest absolute Gasteiger partial charge is 0.134 e. The minimum absolute atomic E-state index is 0.0596. The van der Waals surface area contributed by atoms with Gasteiger partial charge in [-0.15, -0.1) is 0 Å². The Balaban J connectivity index is 1.94. The lowest BCUT2D eigenvalue weighted by Gasteiger charge is -2.36. The van der Waals surface area contributed by atoms with Gasteiger partial charge in [0.05, 0.1) is 0 Å². The zero-order valence-corrected chi connectivity index (χ0v) is 11.9. The first-order valence-electron chi connectivity index (χ1n) is 6.96. The Hall–Kier alpha value is -0.990. The van der Waals surface area contributed by atoms with Gasteiger partial charge in [-0.1, -0.05) is 37.8 Å². The monoisotopic (exact) mass is 278 g/mol. The van der Waals surface area contributed by atoms with E-state index in [0.29, 0.717) is 10.8 Å². The molecule has 1 fully saturated rings. The lowest BCUT2D eigenvalue weighted by molar-refractivity contribution is -0.00523. The Morgan fingerprint density at radius 3 is 2.68 bits per heavy atom. The summed E-state index contributed by atoms with van der Waals surface area (Å²) in [6.45, 7) is 2.16. The van der Waals surface area contributed by atoms with Crippen LogP contribution < -0.4 is 0 Å². The molecule has 0 bridgehead atoms. The molecule has 1 aliphatic rings. The van der Waals surface area contributed by atoms with E-state index in [4.69, 9.17) is 16.0 Å². The van der Waals surface area contributed by atoms with E-state index in [1.54, 1.807) is 0 Å². The average Bonchev–Trinajstić information content (AvgIpc) is 2.81. The van der Waals surface area contributed by atoms with E-state index >= 15 is 0 Å². The maximum atomic E-state index is 10.6. The lowest BCUT2D eigenvalue weighted by atomic mass is 9.71. The molecule has 1 heterocycles. The number of hydrogen-bond donors (Lipinski definition) is 1. The fourth-order valence-electron chi connectivity index (χ4n) is 3.15. The molecule has 0 aliphatic heterocycles. The van der Waals surface area contributed by atoms with Crippen molar-refractivity contribution in [3.63, 3.8) is 0 Å². The van der Waals surface area contributed by atoms with Crippen molar-refractivity contribution >= 4 is 22.6 Å². The minimum Gasteiger partial charge on any atom is -0.458 e. The van der Waals surface area contributed by atoms with Crippen molar-refractivity contribution in [3.8, 4) is 0 Å². The first kappa shape index (κ1) is 13.0. The number of fused-ring (bicyclic) bond motifs is 1. The van der Waals surface area contributed by atoms with Crippen LogP contribution in [-0.4, -0.2) is 5.11 Å². The molecular weight excluding hydrogens is 260 g/mol. The van der Waals surface area contributed by atoms with Gasteiger partial charge in [-0.25, -0.2) is 0 Å². The summed E-state index contributed by atoms with van der Waals surface area (Å²) in [5.41, 5.74) is 0.730. The van der Waals surface area contributed by atoms with Crippen molar-refractivity contribution < 1.29 is 9.52 Å². The number of hydrogen-bond acceptors (Lipinski definition) is 2. The van der Waals surface area contributed by atoms with Crippen LogP contribution in [0.15, 0.2) is 28.7 Å². The summed E-state index contributed by atoms with van der Waals surface area (Å²) in [4.78, 5) is 0. The van der Waals surface area contributed by atoms with Crippen LogP contribution in [0.5, 0.6) is 0 Å². The molecule has 2 aromatic rings. The number of furan rings is 1. The van der Waals surface area contributed by atoms with Gasteiger partial charge in [0.25, 0.3) is 0 Å². The fraction of sp³-hybridized carbons (Fsp3) is 0.500. The number of halogens is 1. The third-order valence-corrected chi connectivity index (χ3v) is 4.66. The number of aliphatic hydroxyl groups is 1. The fourth-order valence-corrected chi connectivity index (χ4v) is 3.33. The molecule has 3 rings (SSSR count). The van der Waals surface area contributed by atoms with E-state index in [1.165, 1.54) is 19.3 Å². The summed E-state index contributed by atoms with van der Waals surface area (Å²) in [5, 5.41) is 12.3. The largest absolute Gasteiger partial charge is 0.458 e. The zero-order chi connectivity index (χ0) is 13.5. The van der Waals surface area contributed by atoms with Crippen LogP contribution in [0.25, 0.3) is 11.0 Å². The molecule has 3 heteroatoms. The molecule has 1 N–H and O–H groups in total. The predicted octanol–water partition coefficient (Wildman–Crippen LogP) is 5.09.